The van der Waals surface area contributed by atoms with Crippen LogP contribution in [0.25, 0.3) is 0 Å². The molecule has 0 aliphatic heterocycles. The number of ether oxygens (including phenoxy) is 1. The van der Waals surface area contributed by atoms with Crippen LogP contribution in [0.15, 0.2) is 6.07 Å². The number of nitrogens with one attached hydrogen (secondary N) is 1. The van der Waals surface area contributed by atoms with E-state index < -0.39 is 53.2 Å². The first-order valence-corrected chi connectivity index (χ1v) is 5.67. The summed E-state index contributed by atoms with van der Waals surface area (Å²) in [6.07, 6.45) is -1.30. The van der Waals surface area contributed by atoms with E-state index in [1.807, 2.05) is 0 Å². The number of rotatable bonds is 6. The number of phenols is 1. The molecule has 9 heteroatoms. The first kappa shape index (κ1) is 16.8. The molecule has 0 spiro atoms. The van der Waals surface area contributed by atoms with Crippen LogP contribution in [0.5, 0.6) is 5.75 Å². The molecule has 3 N–H and O–H groups in total. The maximum Gasteiger partial charge on any atom is 0.306 e. The Hall–Kier alpha value is -2.29. The molecule has 0 heterocycles. The molecule has 1 amide bonds. The average molecular weight is 307 g/mol. The van der Waals surface area contributed by atoms with Gasteiger partial charge in [0.25, 0.3) is 5.91 Å². The van der Waals surface area contributed by atoms with Gasteiger partial charge in [-0.3, -0.25) is 9.59 Å². The van der Waals surface area contributed by atoms with E-state index in [2.05, 4.69) is 5.32 Å². The van der Waals surface area contributed by atoms with Gasteiger partial charge in [0, 0.05) is 13.7 Å². The van der Waals surface area contributed by atoms with Crippen molar-refractivity contribution in [1.29, 1.82) is 0 Å². The van der Waals surface area contributed by atoms with Crippen LogP contribution >= 0.6 is 0 Å². The summed E-state index contributed by atoms with van der Waals surface area (Å²) < 4.78 is 44.1. The van der Waals surface area contributed by atoms with Crippen molar-refractivity contribution < 1.29 is 37.7 Å². The van der Waals surface area contributed by atoms with Crippen LogP contribution in [0.3, 0.4) is 0 Å². The summed E-state index contributed by atoms with van der Waals surface area (Å²) in [5, 5.41) is 19.7. The zero-order valence-corrected chi connectivity index (χ0v) is 10.8. The summed E-state index contributed by atoms with van der Waals surface area (Å²) in [5.41, 5.74) is -0.906. The summed E-state index contributed by atoms with van der Waals surface area (Å²) in [7, 11) is 1.21. The fourth-order valence-corrected chi connectivity index (χ4v) is 1.49. The van der Waals surface area contributed by atoms with Crippen LogP contribution in [-0.2, 0) is 9.53 Å². The third kappa shape index (κ3) is 4.09. The Morgan fingerprint density at radius 2 is 1.95 bits per heavy atom. The molecule has 1 aromatic rings. The quantitative estimate of drug-likeness (QED) is 0.682. The van der Waals surface area contributed by atoms with Crippen molar-refractivity contribution in [3.63, 3.8) is 0 Å². The number of benzene rings is 1. The summed E-state index contributed by atoms with van der Waals surface area (Å²) >= 11 is 0. The zero-order chi connectivity index (χ0) is 16.2. The van der Waals surface area contributed by atoms with Gasteiger partial charge in [0.1, 0.15) is 0 Å². The molecule has 1 aromatic carbocycles. The van der Waals surface area contributed by atoms with E-state index in [9.17, 15) is 22.8 Å². The number of amides is 1. The monoisotopic (exact) mass is 307 g/mol. The molecule has 0 aromatic heterocycles. The molecule has 6 nitrogen and oxygen atoms in total. The maximum atomic E-state index is 13.5. The van der Waals surface area contributed by atoms with Crippen molar-refractivity contribution in [2.45, 2.75) is 12.5 Å². The smallest absolute Gasteiger partial charge is 0.306 e. The number of hydrogen-bond acceptors (Lipinski definition) is 4. The first-order chi connectivity index (χ1) is 9.77. The lowest BCUT2D eigenvalue weighted by Crippen LogP contribution is -2.35. The van der Waals surface area contributed by atoms with Crippen LogP contribution in [0.1, 0.15) is 16.8 Å². The Bertz CT molecular complexity index is 564. The molecule has 0 aliphatic carbocycles. The maximum absolute atomic E-state index is 13.5. The van der Waals surface area contributed by atoms with Gasteiger partial charge in [-0.15, -0.1) is 0 Å². The summed E-state index contributed by atoms with van der Waals surface area (Å²) in [6.45, 7) is -0.291. The highest BCUT2D eigenvalue weighted by Crippen LogP contribution is 2.25. The van der Waals surface area contributed by atoms with Crippen LogP contribution in [-0.4, -0.2) is 41.8 Å². The molecule has 0 aliphatic rings. The second-order valence-corrected chi connectivity index (χ2v) is 4.05. The Balaban J connectivity index is 2.83. The SMILES string of the molecule is COC(CNC(=O)c1cc(F)c(F)c(O)c1F)CC(=O)O. The van der Waals surface area contributed by atoms with Crippen molar-refractivity contribution in [2.24, 2.45) is 0 Å². The number of phenolic OH excluding ortho intramolecular Hbond substituents is 1. The molecule has 1 unspecified atom stereocenters. The Kier molecular flexibility index (Phi) is 5.53. The first-order valence-electron chi connectivity index (χ1n) is 5.67. The fraction of sp³-hybridized carbons (Fsp3) is 0.333. The van der Waals surface area contributed by atoms with Crippen molar-refractivity contribution in [3.8, 4) is 5.75 Å². The standard InChI is InChI=1S/C12H12F3NO5/c1-21-5(2-8(17)18)4-16-12(20)6-3-7(13)10(15)11(19)9(6)14/h3,5,19H,2,4H2,1H3,(H,16,20)(H,17,18). The zero-order valence-electron chi connectivity index (χ0n) is 10.8. The normalized spacial score (nSPS) is 12.0. The molecule has 1 atom stereocenters. The fourth-order valence-electron chi connectivity index (χ4n) is 1.49. The largest absolute Gasteiger partial charge is 0.503 e. The van der Waals surface area contributed by atoms with E-state index in [1.165, 1.54) is 7.11 Å². The molecule has 0 bridgehead atoms. The average Bonchev–Trinajstić information content (AvgIpc) is 2.44. The minimum atomic E-state index is -1.80. The molecule has 0 radical (unpaired) electrons. The summed E-state index contributed by atoms with van der Waals surface area (Å²) in [4.78, 5) is 22.1. The molecule has 116 valence electrons. The van der Waals surface area contributed by atoms with Crippen LogP contribution < -0.4 is 5.32 Å². The van der Waals surface area contributed by atoms with E-state index in [0.29, 0.717) is 6.07 Å². The lowest BCUT2D eigenvalue weighted by atomic mass is 10.1. The number of carbonyl (C=O) groups excluding carboxylic acids is 1. The number of carboxylic acids is 1. The van der Waals surface area contributed by atoms with Crippen molar-refractivity contribution >= 4 is 11.9 Å². The number of hydrogen-bond donors (Lipinski definition) is 3. The molecular weight excluding hydrogens is 295 g/mol. The van der Waals surface area contributed by atoms with Gasteiger partial charge >= 0.3 is 5.97 Å². The summed E-state index contributed by atoms with van der Waals surface area (Å²) in [5.74, 6) is -8.92. The summed E-state index contributed by atoms with van der Waals surface area (Å²) in [6, 6.07) is 0.290. The second-order valence-electron chi connectivity index (χ2n) is 4.05. The topological polar surface area (TPSA) is 95.9 Å². The molecule has 21 heavy (non-hydrogen) atoms. The number of aliphatic carboxylic acids is 1. The number of carboxylic acid groups (broad SMARTS) is 1. The predicted octanol–water partition coefficient (Wildman–Crippen LogP) is 1.03. The van der Waals surface area contributed by atoms with E-state index in [4.69, 9.17) is 14.9 Å². The van der Waals surface area contributed by atoms with E-state index in [0.717, 1.165) is 0 Å². The number of halogens is 3. The second kappa shape index (κ2) is 6.93. The van der Waals surface area contributed by atoms with Crippen molar-refractivity contribution in [1.82, 2.24) is 5.32 Å². The van der Waals surface area contributed by atoms with Gasteiger partial charge in [0.05, 0.1) is 18.1 Å². The van der Waals surface area contributed by atoms with Gasteiger partial charge in [0.15, 0.2) is 17.4 Å². The molecular formula is C12H12F3NO5. The third-order valence-corrected chi connectivity index (χ3v) is 2.60. The van der Waals surface area contributed by atoms with Gasteiger partial charge in [0.2, 0.25) is 5.82 Å². The third-order valence-electron chi connectivity index (χ3n) is 2.60. The minimum absolute atomic E-state index is 0.290. The predicted molar refractivity (Wildman–Crippen MR) is 63.4 cm³/mol. The molecule has 0 fully saturated rings. The highest BCUT2D eigenvalue weighted by Gasteiger charge is 2.23. The van der Waals surface area contributed by atoms with Crippen LogP contribution in [0.4, 0.5) is 13.2 Å². The Morgan fingerprint density at radius 1 is 1.33 bits per heavy atom. The molecule has 1 rings (SSSR count). The lowest BCUT2D eigenvalue weighted by molar-refractivity contribution is -0.139. The lowest BCUT2D eigenvalue weighted by Gasteiger charge is -2.14. The molecule has 0 saturated carbocycles. The molecule has 0 saturated heterocycles. The van der Waals surface area contributed by atoms with Crippen LogP contribution in [0.2, 0.25) is 0 Å². The van der Waals surface area contributed by atoms with E-state index in [-0.39, 0.29) is 6.54 Å². The highest BCUT2D eigenvalue weighted by molar-refractivity contribution is 5.95. The van der Waals surface area contributed by atoms with Gasteiger partial charge in [-0.1, -0.05) is 0 Å². The van der Waals surface area contributed by atoms with E-state index >= 15 is 0 Å². The Morgan fingerprint density at radius 3 is 2.48 bits per heavy atom. The highest BCUT2D eigenvalue weighted by atomic mass is 19.2. The van der Waals surface area contributed by atoms with Gasteiger partial charge in [-0.2, -0.15) is 4.39 Å². The minimum Gasteiger partial charge on any atom is -0.503 e. The van der Waals surface area contributed by atoms with Gasteiger partial charge in [-0.05, 0) is 6.07 Å². The number of methoxy groups -OCH3 is 1. The number of carbonyl (C=O) groups is 2. The van der Waals surface area contributed by atoms with Crippen molar-refractivity contribution in [2.75, 3.05) is 13.7 Å². The number of aromatic hydroxyl groups is 1. The van der Waals surface area contributed by atoms with Crippen LogP contribution in [0, 0.1) is 17.5 Å². The van der Waals surface area contributed by atoms with E-state index in [1.54, 1.807) is 0 Å². The van der Waals surface area contributed by atoms with Gasteiger partial charge < -0.3 is 20.3 Å². The van der Waals surface area contributed by atoms with Crippen molar-refractivity contribution in [3.05, 3.63) is 29.1 Å². The van der Waals surface area contributed by atoms with Gasteiger partial charge in [-0.25, -0.2) is 8.78 Å². The Labute approximate surface area is 117 Å².